The summed E-state index contributed by atoms with van der Waals surface area (Å²) in [6.07, 6.45) is 3.51. The van der Waals surface area contributed by atoms with Crippen LogP contribution in [0, 0.1) is 0 Å². The smallest absolute Gasteiger partial charge is 0.336 e. The number of benzene rings is 2. The zero-order chi connectivity index (χ0) is 22.3. The number of nitrogens with zero attached hydrogens (tertiary/aromatic N) is 2. The molecule has 0 spiro atoms. The first-order valence-corrected chi connectivity index (χ1v) is 9.66. The number of aromatic nitrogens is 2. The van der Waals surface area contributed by atoms with Crippen LogP contribution in [0.1, 0.15) is 18.1 Å². The number of hydrogen-bond donors (Lipinski definition) is 2. The Labute approximate surface area is 179 Å². The van der Waals surface area contributed by atoms with Gasteiger partial charge in [0.25, 0.3) is 0 Å². The molecule has 1 atom stereocenters. The number of aliphatic carboxylic acids is 1. The van der Waals surface area contributed by atoms with Gasteiger partial charge in [-0.05, 0) is 30.2 Å². The molecule has 0 bridgehead atoms. The van der Waals surface area contributed by atoms with Crippen molar-refractivity contribution in [1.29, 1.82) is 0 Å². The summed E-state index contributed by atoms with van der Waals surface area (Å²) in [5.74, 6) is -0.198. The fourth-order valence-electron chi connectivity index (χ4n) is 3.05. The highest BCUT2D eigenvalue weighted by molar-refractivity contribution is 5.98. The third-order valence-corrected chi connectivity index (χ3v) is 4.79. The normalized spacial score (nSPS) is 12.6. The number of methoxy groups -OCH3 is 1. The first kappa shape index (κ1) is 21.9. The van der Waals surface area contributed by atoms with Gasteiger partial charge >= 0.3 is 5.97 Å². The molecule has 0 saturated carbocycles. The molecular weight excluding hydrogens is 398 g/mol. The van der Waals surface area contributed by atoms with Crippen LogP contribution in [0.25, 0.3) is 11.3 Å². The number of carboxylic acids is 1. The molecule has 3 rings (SSSR count). The maximum Gasteiger partial charge on any atom is 0.336 e. The molecule has 31 heavy (non-hydrogen) atoms. The molecule has 2 aromatic carbocycles. The minimum absolute atomic E-state index is 0.179. The predicted octanol–water partition coefficient (Wildman–Crippen LogP) is 2.82. The largest absolute Gasteiger partial charge is 0.497 e. The second-order valence-corrected chi connectivity index (χ2v) is 6.69. The van der Waals surface area contributed by atoms with E-state index in [0.717, 1.165) is 11.1 Å². The average Bonchev–Trinajstić information content (AvgIpc) is 2.81. The highest BCUT2D eigenvalue weighted by Gasteiger charge is 2.40. The van der Waals surface area contributed by atoms with Crippen molar-refractivity contribution in [1.82, 2.24) is 15.3 Å². The van der Waals surface area contributed by atoms with Crippen molar-refractivity contribution in [3.63, 3.8) is 0 Å². The Bertz CT molecular complexity index is 1040. The van der Waals surface area contributed by atoms with E-state index in [1.807, 2.05) is 6.92 Å². The maximum absolute atomic E-state index is 12.1. The topological polar surface area (TPSA) is 111 Å². The lowest BCUT2D eigenvalue weighted by Gasteiger charge is -2.25. The number of carbonyl (C=O) groups is 2. The first-order chi connectivity index (χ1) is 15.0. The van der Waals surface area contributed by atoms with Gasteiger partial charge < -0.3 is 19.4 Å². The molecule has 160 valence electrons. The van der Waals surface area contributed by atoms with Gasteiger partial charge in [0, 0.05) is 12.1 Å². The molecule has 0 aliphatic rings. The molecule has 0 amide bonds. The molecule has 2 N–H and O–H groups in total. The standard InChI is InChI=1S/C23H23N3O5/c1-3-31-21-14-24-13-20(26-21)17-6-8-18(9-7-17)23(15-27,22(28)29)25-12-16-4-10-19(30-2)11-5-16/h4-11,13-15,25H,3,12H2,1-2H3,(H,28,29). The number of carbonyl (C=O) groups excluding carboxylic acids is 1. The van der Waals surface area contributed by atoms with Crippen molar-refractivity contribution in [2.45, 2.75) is 19.0 Å². The second-order valence-electron chi connectivity index (χ2n) is 6.69. The SMILES string of the molecule is CCOc1cncc(-c2ccc(C(C=O)(NCc3ccc(OC)cc3)C(=O)O)cc2)n1. The van der Waals surface area contributed by atoms with E-state index in [1.54, 1.807) is 61.8 Å². The van der Waals surface area contributed by atoms with Gasteiger partial charge in [0.15, 0.2) is 11.8 Å². The zero-order valence-corrected chi connectivity index (χ0v) is 17.2. The molecule has 0 aliphatic heterocycles. The predicted molar refractivity (Wildman–Crippen MR) is 114 cm³/mol. The summed E-state index contributed by atoms with van der Waals surface area (Å²) in [5, 5.41) is 12.7. The minimum Gasteiger partial charge on any atom is -0.497 e. The molecule has 1 heterocycles. The molecule has 3 aromatic rings. The molecule has 1 unspecified atom stereocenters. The molecule has 1 aromatic heterocycles. The fourth-order valence-corrected chi connectivity index (χ4v) is 3.05. The first-order valence-electron chi connectivity index (χ1n) is 9.66. The lowest BCUT2D eigenvalue weighted by Crippen LogP contribution is -2.50. The third-order valence-electron chi connectivity index (χ3n) is 4.79. The van der Waals surface area contributed by atoms with E-state index >= 15 is 0 Å². The number of carboxylic acid groups (broad SMARTS) is 1. The van der Waals surface area contributed by atoms with E-state index in [9.17, 15) is 14.7 Å². The fraction of sp³-hybridized carbons (Fsp3) is 0.217. The van der Waals surface area contributed by atoms with Gasteiger partial charge in [-0.25, -0.2) is 9.78 Å². The van der Waals surface area contributed by atoms with Crippen molar-refractivity contribution in [3.05, 3.63) is 72.1 Å². The molecular formula is C23H23N3O5. The van der Waals surface area contributed by atoms with Crippen LogP contribution in [-0.4, -0.2) is 41.0 Å². The molecule has 8 nitrogen and oxygen atoms in total. The number of aldehydes is 1. The summed E-state index contributed by atoms with van der Waals surface area (Å²) in [6, 6.07) is 13.7. The number of hydrogen-bond acceptors (Lipinski definition) is 7. The molecule has 0 saturated heterocycles. The summed E-state index contributed by atoms with van der Waals surface area (Å²) >= 11 is 0. The number of nitrogens with one attached hydrogen (secondary N) is 1. The minimum atomic E-state index is -1.89. The van der Waals surface area contributed by atoms with Gasteiger partial charge in [0.1, 0.15) is 5.75 Å². The van der Waals surface area contributed by atoms with Gasteiger partial charge in [0.2, 0.25) is 5.88 Å². The Kier molecular flexibility index (Phi) is 6.94. The van der Waals surface area contributed by atoms with E-state index in [-0.39, 0.29) is 6.54 Å². The van der Waals surface area contributed by atoms with Crippen molar-refractivity contribution < 1.29 is 24.2 Å². The summed E-state index contributed by atoms with van der Waals surface area (Å²) < 4.78 is 10.5. The monoisotopic (exact) mass is 421 g/mol. The maximum atomic E-state index is 12.1. The average molecular weight is 421 g/mol. The highest BCUT2D eigenvalue weighted by Crippen LogP contribution is 2.25. The van der Waals surface area contributed by atoms with E-state index in [4.69, 9.17) is 9.47 Å². The summed E-state index contributed by atoms with van der Waals surface area (Å²) in [6.45, 7) is 2.50. The molecule has 0 radical (unpaired) electrons. The van der Waals surface area contributed by atoms with Crippen LogP contribution in [0.5, 0.6) is 11.6 Å². The third kappa shape index (κ3) is 4.87. The Morgan fingerprint density at radius 3 is 2.42 bits per heavy atom. The Balaban J connectivity index is 1.85. The van der Waals surface area contributed by atoms with Crippen molar-refractivity contribution >= 4 is 12.3 Å². The van der Waals surface area contributed by atoms with Crippen LogP contribution in [-0.2, 0) is 21.7 Å². The molecule has 8 heteroatoms. The summed E-state index contributed by atoms with van der Waals surface area (Å²) in [4.78, 5) is 32.5. The van der Waals surface area contributed by atoms with Gasteiger partial charge in [-0.1, -0.05) is 36.4 Å². The van der Waals surface area contributed by atoms with Crippen molar-refractivity contribution in [2.75, 3.05) is 13.7 Å². The van der Waals surface area contributed by atoms with Gasteiger partial charge in [-0.3, -0.25) is 10.3 Å². The van der Waals surface area contributed by atoms with Crippen LogP contribution in [0.15, 0.2) is 60.9 Å². The lowest BCUT2D eigenvalue weighted by atomic mass is 9.90. The quantitative estimate of drug-likeness (QED) is 0.380. The van der Waals surface area contributed by atoms with Crippen LogP contribution in [0.2, 0.25) is 0 Å². The van der Waals surface area contributed by atoms with E-state index in [1.165, 1.54) is 6.20 Å². The Hall–Kier alpha value is -3.78. The number of ether oxygens (including phenoxy) is 2. The van der Waals surface area contributed by atoms with E-state index in [2.05, 4.69) is 15.3 Å². The highest BCUT2D eigenvalue weighted by atomic mass is 16.5. The Morgan fingerprint density at radius 2 is 1.84 bits per heavy atom. The van der Waals surface area contributed by atoms with Crippen molar-refractivity contribution in [2.24, 2.45) is 0 Å². The lowest BCUT2D eigenvalue weighted by molar-refractivity contribution is -0.147. The van der Waals surface area contributed by atoms with Crippen LogP contribution in [0.4, 0.5) is 0 Å². The van der Waals surface area contributed by atoms with Crippen LogP contribution >= 0.6 is 0 Å². The Morgan fingerprint density at radius 1 is 1.13 bits per heavy atom. The van der Waals surface area contributed by atoms with Gasteiger partial charge in [-0.15, -0.1) is 0 Å². The summed E-state index contributed by atoms with van der Waals surface area (Å²) in [7, 11) is 1.57. The van der Waals surface area contributed by atoms with E-state index in [0.29, 0.717) is 35.8 Å². The van der Waals surface area contributed by atoms with Crippen molar-refractivity contribution in [3.8, 4) is 22.9 Å². The van der Waals surface area contributed by atoms with Crippen LogP contribution in [0.3, 0.4) is 0 Å². The van der Waals surface area contributed by atoms with Gasteiger partial charge in [-0.2, -0.15) is 0 Å². The van der Waals surface area contributed by atoms with E-state index < -0.39 is 11.5 Å². The zero-order valence-electron chi connectivity index (χ0n) is 17.2. The summed E-state index contributed by atoms with van der Waals surface area (Å²) in [5.41, 5.74) is 0.528. The second kappa shape index (κ2) is 9.82. The van der Waals surface area contributed by atoms with Crippen LogP contribution < -0.4 is 14.8 Å². The van der Waals surface area contributed by atoms with Gasteiger partial charge in [0.05, 0.1) is 31.8 Å². The number of rotatable bonds is 10. The molecule has 0 fully saturated rings. The molecule has 0 aliphatic carbocycles.